The van der Waals surface area contributed by atoms with Crippen molar-refractivity contribution in [2.75, 3.05) is 43.1 Å². The Morgan fingerprint density at radius 2 is 1.47 bits per heavy atom. The van der Waals surface area contributed by atoms with Gasteiger partial charge in [0.25, 0.3) is 0 Å². The maximum absolute atomic E-state index is 13.6. The van der Waals surface area contributed by atoms with Crippen LogP contribution in [-0.4, -0.2) is 46.7 Å². The number of rotatable bonds is 6. The van der Waals surface area contributed by atoms with E-state index in [-0.39, 0.29) is 21.7 Å². The van der Waals surface area contributed by atoms with E-state index in [2.05, 4.69) is 9.88 Å². The van der Waals surface area contributed by atoms with Gasteiger partial charge in [-0.2, -0.15) is 4.98 Å². The zero-order valence-electron chi connectivity index (χ0n) is 20.0. The number of oxazole rings is 1. The maximum Gasteiger partial charge on any atom is 0.236 e. The number of aromatic nitrogens is 1. The predicted molar refractivity (Wildman–Crippen MR) is 141 cm³/mol. The number of ether oxygens (including phenoxy) is 1. The van der Waals surface area contributed by atoms with Gasteiger partial charge in [-0.1, -0.05) is 29.3 Å². The number of hydrogen-bond acceptors (Lipinski definition) is 7. The zero-order chi connectivity index (χ0) is 25.3. The van der Waals surface area contributed by atoms with E-state index < -0.39 is 9.84 Å². The molecule has 186 valence electrons. The monoisotopic (exact) mass is 523 g/mol. The molecular weight excluding hydrogens is 498 g/mol. The molecule has 0 N–H and O–H groups in total. The molecule has 1 aliphatic heterocycles. The Balaban J connectivity index is 1.48. The first-order chi connectivity index (χ1) is 17.3. The molecule has 0 aliphatic carbocycles. The minimum absolute atomic E-state index is 0.0849. The molecule has 1 fully saturated rings. The number of benzene rings is 3. The summed E-state index contributed by atoms with van der Waals surface area (Å²) in [5.74, 6) is 1.34. The fraction of sp³-hybridized carbons (Fsp3) is 0.222. The molecule has 0 saturated carbocycles. The second-order valence-corrected chi connectivity index (χ2v) is 10.9. The first-order valence-electron chi connectivity index (χ1n) is 11.6. The predicted octanol–water partition coefficient (Wildman–Crippen LogP) is 5.47. The number of sulfone groups is 1. The van der Waals surface area contributed by atoms with Gasteiger partial charge in [-0.3, -0.25) is 0 Å². The SMILES string of the molecule is COc1ccc(N2CCN(c3oc(-c4ccc(C)cc4)nc3S(=O)(=O)c3ccc(Cl)cc3)CC2)cc1. The second-order valence-electron chi connectivity index (χ2n) is 8.62. The highest BCUT2D eigenvalue weighted by molar-refractivity contribution is 7.91. The lowest BCUT2D eigenvalue weighted by Gasteiger charge is -2.36. The number of halogens is 1. The summed E-state index contributed by atoms with van der Waals surface area (Å²) in [5.41, 5.74) is 2.90. The van der Waals surface area contributed by atoms with Crippen molar-refractivity contribution >= 4 is 33.0 Å². The van der Waals surface area contributed by atoms with Crippen molar-refractivity contribution < 1.29 is 17.6 Å². The molecular formula is C27H26ClN3O4S. The highest BCUT2D eigenvalue weighted by Crippen LogP contribution is 2.36. The van der Waals surface area contributed by atoms with Crippen molar-refractivity contribution in [3.8, 4) is 17.2 Å². The van der Waals surface area contributed by atoms with Crippen molar-refractivity contribution in [2.24, 2.45) is 0 Å². The molecule has 1 aromatic heterocycles. The molecule has 5 rings (SSSR count). The summed E-state index contributed by atoms with van der Waals surface area (Å²) in [5, 5.41) is 0.377. The Kier molecular flexibility index (Phi) is 6.64. The highest BCUT2D eigenvalue weighted by Gasteiger charge is 2.33. The molecule has 2 heterocycles. The van der Waals surface area contributed by atoms with Crippen LogP contribution in [0.5, 0.6) is 5.75 Å². The molecule has 9 heteroatoms. The lowest BCUT2D eigenvalue weighted by Crippen LogP contribution is -2.46. The summed E-state index contributed by atoms with van der Waals surface area (Å²) >= 11 is 5.99. The van der Waals surface area contributed by atoms with E-state index in [1.165, 1.54) is 12.1 Å². The van der Waals surface area contributed by atoms with Crippen LogP contribution >= 0.6 is 11.6 Å². The van der Waals surface area contributed by atoms with Crippen LogP contribution in [0.25, 0.3) is 11.5 Å². The topological polar surface area (TPSA) is 75.9 Å². The molecule has 1 saturated heterocycles. The molecule has 0 atom stereocenters. The average molecular weight is 524 g/mol. The molecule has 1 aliphatic rings. The maximum atomic E-state index is 13.6. The van der Waals surface area contributed by atoms with Crippen LogP contribution in [0.15, 0.2) is 87.1 Å². The van der Waals surface area contributed by atoms with Crippen LogP contribution in [0.2, 0.25) is 5.02 Å². The fourth-order valence-electron chi connectivity index (χ4n) is 4.18. The average Bonchev–Trinajstić information content (AvgIpc) is 3.36. The Morgan fingerprint density at radius 3 is 2.08 bits per heavy atom. The Bertz CT molecular complexity index is 1440. The van der Waals surface area contributed by atoms with Gasteiger partial charge in [0.1, 0.15) is 5.75 Å². The van der Waals surface area contributed by atoms with E-state index in [1.807, 2.05) is 60.4 Å². The number of nitrogens with zero attached hydrogens (tertiary/aromatic N) is 3. The summed E-state index contributed by atoms with van der Waals surface area (Å²) < 4.78 is 38.7. The van der Waals surface area contributed by atoms with Crippen LogP contribution in [0.1, 0.15) is 5.56 Å². The fourth-order valence-corrected chi connectivity index (χ4v) is 5.63. The third-order valence-corrected chi connectivity index (χ3v) is 8.18. The molecule has 0 radical (unpaired) electrons. The molecule has 36 heavy (non-hydrogen) atoms. The summed E-state index contributed by atoms with van der Waals surface area (Å²) in [6.07, 6.45) is 0. The third-order valence-electron chi connectivity index (χ3n) is 6.26. The van der Waals surface area contributed by atoms with Gasteiger partial charge in [-0.05, 0) is 67.6 Å². The van der Waals surface area contributed by atoms with Gasteiger partial charge in [0.15, 0.2) is 0 Å². The normalized spacial score (nSPS) is 14.2. The van der Waals surface area contributed by atoms with Gasteiger partial charge < -0.3 is 19.0 Å². The van der Waals surface area contributed by atoms with E-state index in [1.54, 1.807) is 19.2 Å². The van der Waals surface area contributed by atoms with Crippen LogP contribution < -0.4 is 14.5 Å². The van der Waals surface area contributed by atoms with Crippen molar-refractivity contribution in [3.63, 3.8) is 0 Å². The van der Waals surface area contributed by atoms with Crippen molar-refractivity contribution in [2.45, 2.75) is 16.8 Å². The van der Waals surface area contributed by atoms with Gasteiger partial charge in [-0.25, -0.2) is 8.42 Å². The zero-order valence-corrected chi connectivity index (χ0v) is 21.6. The van der Waals surface area contributed by atoms with Gasteiger partial charge in [0, 0.05) is 42.5 Å². The number of anilines is 2. The number of aryl methyl sites for hydroxylation is 1. The molecule has 0 amide bonds. The van der Waals surface area contributed by atoms with Gasteiger partial charge in [0.2, 0.25) is 26.6 Å². The summed E-state index contributed by atoms with van der Waals surface area (Å²) in [7, 11) is -2.29. The van der Waals surface area contributed by atoms with Gasteiger partial charge in [-0.15, -0.1) is 0 Å². The molecule has 4 aromatic rings. The van der Waals surface area contributed by atoms with Crippen LogP contribution in [0.4, 0.5) is 11.6 Å². The van der Waals surface area contributed by atoms with Gasteiger partial charge in [0.05, 0.1) is 12.0 Å². The second kappa shape index (κ2) is 9.87. The Morgan fingerprint density at radius 1 is 0.861 bits per heavy atom. The lowest BCUT2D eigenvalue weighted by atomic mass is 10.1. The first kappa shape index (κ1) is 24.2. The minimum atomic E-state index is -3.94. The summed E-state index contributed by atoms with van der Waals surface area (Å²) in [4.78, 5) is 8.82. The molecule has 0 spiro atoms. The van der Waals surface area contributed by atoms with Crippen molar-refractivity contribution in [3.05, 3.63) is 83.4 Å². The van der Waals surface area contributed by atoms with E-state index in [9.17, 15) is 8.42 Å². The lowest BCUT2D eigenvalue weighted by molar-refractivity contribution is 0.415. The highest BCUT2D eigenvalue weighted by atomic mass is 35.5. The van der Waals surface area contributed by atoms with E-state index in [0.717, 1.165) is 22.6 Å². The minimum Gasteiger partial charge on any atom is -0.497 e. The summed E-state index contributed by atoms with van der Waals surface area (Å²) in [6, 6.07) is 21.7. The van der Waals surface area contributed by atoms with Crippen molar-refractivity contribution in [1.29, 1.82) is 0 Å². The van der Waals surface area contributed by atoms with E-state index in [0.29, 0.717) is 31.2 Å². The van der Waals surface area contributed by atoms with E-state index in [4.69, 9.17) is 20.8 Å². The standard InChI is InChI=1S/C27H26ClN3O4S/c1-19-3-5-20(6-4-19)25-29-26(36(32,33)24-13-7-21(28)8-14-24)27(35-25)31-17-15-30(16-18-31)22-9-11-23(34-2)12-10-22/h3-14H,15-18H2,1-2H3. The van der Waals surface area contributed by atoms with Crippen LogP contribution in [-0.2, 0) is 9.84 Å². The van der Waals surface area contributed by atoms with Crippen LogP contribution in [0, 0.1) is 6.92 Å². The van der Waals surface area contributed by atoms with Crippen LogP contribution in [0.3, 0.4) is 0 Å². The Labute approximate surface area is 215 Å². The molecule has 0 bridgehead atoms. The quantitative estimate of drug-likeness (QED) is 0.331. The molecule has 0 unspecified atom stereocenters. The number of hydrogen-bond donors (Lipinski definition) is 0. The number of piperazine rings is 1. The van der Waals surface area contributed by atoms with E-state index >= 15 is 0 Å². The van der Waals surface area contributed by atoms with Crippen molar-refractivity contribution in [1.82, 2.24) is 4.98 Å². The Hall–Kier alpha value is -3.49. The molecule has 3 aromatic carbocycles. The number of methoxy groups -OCH3 is 1. The van der Waals surface area contributed by atoms with Gasteiger partial charge >= 0.3 is 0 Å². The summed E-state index contributed by atoms with van der Waals surface area (Å²) in [6.45, 7) is 4.56. The first-order valence-corrected chi connectivity index (χ1v) is 13.4. The molecule has 7 nitrogen and oxygen atoms in total. The third kappa shape index (κ3) is 4.79. The largest absolute Gasteiger partial charge is 0.497 e. The smallest absolute Gasteiger partial charge is 0.236 e.